The van der Waals surface area contributed by atoms with Crippen molar-refractivity contribution < 1.29 is 14.7 Å². The van der Waals surface area contributed by atoms with E-state index >= 15 is 0 Å². The van der Waals surface area contributed by atoms with E-state index in [1.54, 1.807) is 6.92 Å². The SMILES string of the molecule is CC(C(=O)O)C(C)C(=O)NCCN. The number of aliphatic carboxylic acids is 1. The normalized spacial score (nSPS) is 14.7. The quantitative estimate of drug-likeness (QED) is 0.538. The molecule has 76 valence electrons. The van der Waals surface area contributed by atoms with Gasteiger partial charge in [0.25, 0.3) is 0 Å². The van der Waals surface area contributed by atoms with Crippen molar-refractivity contribution >= 4 is 11.9 Å². The Morgan fingerprint density at radius 1 is 1.38 bits per heavy atom. The van der Waals surface area contributed by atoms with Crippen molar-refractivity contribution in [3.05, 3.63) is 0 Å². The monoisotopic (exact) mass is 188 g/mol. The van der Waals surface area contributed by atoms with Crippen LogP contribution < -0.4 is 11.1 Å². The van der Waals surface area contributed by atoms with Crippen LogP contribution in [0.15, 0.2) is 0 Å². The van der Waals surface area contributed by atoms with Crippen molar-refractivity contribution in [1.29, 1.82) is 0 Å². The van der Waals surface area contributed by atoms with Gasteiger partial charge >= 0.3 is 5.97 Å². The van der Waals surface area contributed by atoms with E-state index in [1.165, 1.54) is 6.92 Å². The number of carboxylic acids is 1. The van der Waals surface area contributed by atoms with Gasteiger partial charge in [0, 0.05) is 19.0 Å². The third kappa shape index (κ3) is 3.89. The lowest BCUT2D eigenvalue weighted by atomic mass is 9.95. The fourth-order valence-corrected chi connectivity index (χ4v) is 0.797. The summed E-state index contributed by atoms with van der Waals surface area (Å²) in [5.74, 6) is -2.42. The maximum absolute atomic E-state index is 11.2. The van der Waals surface area contributed by atoms with Crippen molar-refractivity contribution in [3.8, 4) is 0 Å². The number of carboxylic acid groups (broad SMARTS) is 1. The van der Waals surface area contributed by atoms with Gasteiger partial charge in [-0.2, -0.15) is 0 Å². The molecule has 0 saturated carbocycles. The number of nitrogens with one attached hydrogen (secondary N) is 1. The molecule has 0 fully saturated rings. The van der Waals surface area contributed by atoms with E-state index in [9.17, 15) is 9.59 Å². The number of carbonyl (C=O) groups excluding carboxylic acids is 1. The van der Waals surface area contributed by atoms with E-state index in [2.05, 4.69) is 5.32 Å². The van der Waals surface area contributed by atoms with Crippen LogP contribution in [0.2, 0.25) is 0 Å². The molecule has 0 rings (SSSR count). The topological polar surface area (TPSA) is 92.4 Å². The molecule has 0 aliphatic carbocycles. The number of hydrogen-bond donors (Lipinski definition) is 3. The second-order valence-corrected chi connectivity index (χ2v) is 3.00. The molecule has 2 atom stereocenters. The Morgan fingerprint density at radius 2 is 1.92 bits per heavy atom. The Balaban J connectivity index is 4.01. The molecule has 0 aromatic heterocycles. The van der Waals surface area contributed by atoms with Gasteiger partial charge in [-0.3, -0.25) is 9.59 Å². The molecule has 0 aliphatic rings. The second-order valence-electron chi connectivity index (χ2n) is 3.00. The van der Waals surface area contributed by atoms with Gasteiger partial charge in [0.05, 0.1) is 5.92 Å². The first kappa shape index (κ1) is 11.9. The predicted molar refractivity (Wildman–Crippen MR) is 48.0 cm³/mol. The largest absolute Gasteiger partial charge is 0.481 e. The van der Waals surface area contributed by atoms with E-state index in [0.717, 1.165) is 0 Å². The highest BCUT2D eigenvalue weighted by Crippen LogP contribution is 2.10. The van der Waals surface area contributed by atoms with E-state index in [0.29, 0.717) is 13.1 Å². The molecular formula is C8H16N2O3. The molecule has 0 spiro atoms. The van der Waals surface area contributed by atoms with E-state index in [4.69, 9.17) is 10.8 Å². The van der Waals surface area contributed by atoms with Gasteiger partial charge in [-0.1, -0.05) is 13.8 Å². The van der Waals surface area contributed by atoms with Crippen LogP contribution >= 0.6 is 0 Å². The molecule has 0 heterocycles. The Morgan fingerprint density at radius 3 is 2.31 bits per heavy atom. The lowest BCUT2D eigenvalue weighted by Gasteiger charge is -2.15. The highest BCUT2D eigenvalue weighted by Gasteiger charge is 2.25. The number of hydrogen-bond acceptors (Lipinski definition) is 3. The van der Waals surface area contributed by atoms with E-state index in [1.807, 2.05) is 0 Å². The molecule has 0 radical (unpaired) electrons. The van der Waals surface area contributed by atoms with Gasteiger partial charge in [0.2, 0.25) is 5.91 Å². The van der Waals surface area contributed by atoms with E-state index in [-0.39, 0.29) is 5.91 Å². The molecule has 5 heteroatoms. The summed E-state index contributed by atoms with van der Waals surface area (Å²) in [4.78, 5) is 21.7. The van der Waals surface area contributed by atoms with E-state index < -0.39 is 17.8 Å². The lowest BCUT2D eigenvalue weighted by molar-refractivity contribution is -0.146. The number of carbonyl (C=O) groups is 2. The average Bonchev–Trinajstić information content (AvgIpc) is 2.11. The Labute approximate surface area is 77.3 Å². The molecule has 1 amide bonds. The van der Waals surface area contributed by atoms with Crippen molar-refractivity contribution in [3.63, 3.8) is 0 Å². The van der Waals surface area contributed by atoms with Gasteiger partial charge in [-0.25, -0.2) is 0 Å². The van der Waals surface area contributed by atoms with Crippen molar-refractivity contribution in [1.82, 2.24) is 5.32 Å². The zero-order chi connectivity index (χ0) is 10.4. The first-order valence-electron chi connectivity index (χ1n) is 4.21. The highest BCUT2D eigenvalue weighted by atomic mass is 16.4. The fourth-order valence-electron chi connectivity index (χ4n) is 0.797. The summed E-state index contributed by atoms with van der Waals surface area (Å²) in [6.07, 6.45) is 0. The minimum Gasteiger partial charge on any atom is -0.481 e. The molecule has 0 aromatic rings. The Bertz CT molecular complexity index is 194. The maximum atomic E-state index is 11.2. The molecule has 0 saturated heterocycles. The molecule has 0 bridgehead atoms. The van der Waals surface area contributed by atoms with Gasteiger partial charge in [0.1, 0.15) is 0 Å². The fraction of sp³-hybridized carbons (Fsp3) is 0.750. The highest BCUT2D eigenvalue weighted by molar-refractivity contribution is 5.84. The minimum atomic E-state index is -0.963. The zero-order valence-corrected chi connectivity index (χ0v) is 7.91. The Kier molecular flexibility index (Phi) is 5.06. The van der Waals surface area contributed by atoms with Gasteiger partial charge < -0.3 is 16.2 Å². The molecule has 4 N–H and O–H groups in total. The van der Waals surface area contributed by atoms with Gasteiger partial charge in [-0.15, -0.1) is 0 Å². The van der Waals surface area contributed by atoms with Crippen molar-refractivity contribution in [2.45, 2.75) is 13.8 Å². The van der Waals surface area contributed by atoms with Crippen LogP contribution in [-0.4, -0.2) is 30.1 Å². The summed E-state index contributed by atoms with van der Waals surface area (Å²) in [5.41, 5.74) is 5.18. The molecule has 0 aromatic carbocycles. The van der Waals surface area contributed by atoms with Crippen LogP contribution in [0, 0.1) is 11.8 Å². The standard InChI is InChI=1S/C8H16N2O3/c1-5(6(2)8(12)13)7(11)10-4-3-9/h5-6H,3-4,9H2,1-2H3,(H,10,11)(H,12,13). The number of rotatable bonds is 5. The Hall–Kier alpha value is -1.10. The lowest BCUT2D eigenvalue weighted by Crippen LogP contribution is -2.37. The van der Waals surface area contributed by atoms with Crippen LogP contribution in [0.3, 0.4) is 0 Å². The smallest absolute Gasteiger partial charge is 0.307 e. The maximum Gasteiger partial charge on any atom is 0.307 e. The predicted octanol–water partition coefficient (Wildman–Crippen LogP) is -0.582. The third-order valence-electron chi connectivity index (χ3n) is 2.00. The summed E-state index contributed by atoms with van der Waals surface area (Å²) in [6, 6.07) is 0. The summed E-state index contributed by atoms with van der Waals surface area (Å²) >= 11 is 0. The van der Waals surface area contributed by atoms with Crippen LogP contribution in [-0.2, 0) is 9.59 Å². The van der Waals surface area contributed by atoms with Gasteiger partial charge in [-0.05, 0) is 0 Å². The molecule has 0 aliphatic heterocycles. The summed E-state index contributed by atoms with van der Waals surface area (Å²) in [7, 11) is 0. The van der Waals surface area contributed by atoms with Crippen LogP contribution in [0.5, 0.6) is 0 Å². The molecule has 13 heavy (non-hydrogen) atoms. The summed E-state index contributed by atoms with van der Waals surface area (Å²) in [5, 5.41) is 11.2. The average molecular weight is 188 g/mol. The zero-order valence-electron chi connectivity index (χ0n) is 7.91. The van der Waals surface area contributed by atoms with Crippen LogP contribution in [0.1, 0.15) is 13.8 Å². The third-order valence-corrected chi connectivity index (χ3v) is 2.00. The first-order chi connectivity index (χ1) is 6.00. The number of amides is 1. The minimum absolute atomic E-state index is 0.264. The van der Waals surface area contributed by atoms with Gasteiger partial charge in [0.15, 0.2) is 0 Å². The van der Waals surface area contributed by atoms with Crippen LogP contribution in [0.4, 0.5) is 0 Å². The summed E-state index contributed by atoms with van der Waals surface area (Å²) < 4.78 is 0. The molecule has 2 unspecified atom stereocenters. The number of nitrogens with two attached hydrogens (primary N) is 1. The molecular weight excluding hydrogens is 172 g/mol. The van der Waals surface area contributed by atoms with Crippen molar-refractivity contribution in [2.24, 2.45) is 17.6 Å². The van der Waals surface area contributed by atoms with Crippen molar-refractivity contribution in [2.75, 3.05) is 13.1 Å². The second kappa shape index (κ2) is 5.53. The first-order valence-corrected chi connectivity index (χ1v) is 4.21. The summed E-state index contributed by atoms with van der Waals surface area (Å²) in [6.45, 7) is 3.84. The van der Waals surface area contributed by atoms with Crippen LogP contribution in [0.25, 0.3) is 0 Å². The molecule has 5 nitrogen and oxygen atoms in total.